The summed E-state index contributed by atoms with van der Waals surface area (Å²) in [6.07, 6.45) is 0. The smallest absolute Gasteiger partial charge is 0.120 e. The Balaban J connectivity index is 2.05. The van der Waals surface area contributed by atoms with E-state index in [1.165, 1.54) is 5.56 Å². The van der Waals surface area contributed by atoms with Gasteiger partial charge in [-0.15, -0.1) is 0 Å². The van der Waals surface area contributed by atoms with E-state index >= 15 is 0 Å². The number of halogens is 2. The van der Waals surface area contributed by atoms with Gasteiger partial charge in [-0.05, 0) is 48.5 Å². The van der Waals surface area contributed by atoms with Gasteiger partial charge in [-0.1, -0.05) is 39.7 Å². The van der Waals surface area contributed by atoms with Gasteiger partial charge < -0.3 is 10.1 Å². The van der Waals surface area contributed by atoms with Gasteiger partial charge >= 0.3 is 0 Å². The van der Waals surface area contributed by atoms with Gasteiger partial charge in [0, 0.05) is 16.0 Å². The van der Waals surface area contributed by atoms with Crippen LogP contribution in [0.15, 0.2) is 46.9 Å². The van der Waals surface area contributed by atoms with E-state index < -0.39 is 0 Å². The van der Waals surface area contributed by atoms with Crippen LogP contribution >= 0.6 is 27.5 Å². The van der Waals surface area contributed by atoms with E-state index in [4.69, 9.17) is 16.3 Å². The molecule has 0 aromatic heterocycles. The van der Waals surface area contributed by atoms with Crippen molar-refractivity contribution in [3.05, 3.63) is 63.1 Å². The van der Waals surface area contributed by atoms with E-state index in [-0.39, 0.29) is 0 Å². The molecule has 1 N–H and O–H groups in total. The summed E-state index contributed by atoms with van der Waals surface area (Å²) in [5, 5.41) is 3.86. The minimum atomic E-state index is 0.515. The Bertz CT molecular complexity index is 560. The van der Waals surface area contributed by atoms with Gasteiger partial charge in [0.25, 0.3) is 0 Å². The highest BCUT2D eigenvalue weighted by atomic mass is 79.9. The van der Waals surface area contributed by atoms with E-state index in [1.54, 1.807) is 0 Å². The first-order valence-electron chi connectivity index (χ1n) is 5.99. The Kier molecular flexibility index (Phi) is 5.25. The first kappa shape index (κ1) is 14.4. The highest BCUT2D eigenvalue weighted by molar-refractivity contribution is 9.10. The molecule has 0 aliphatic carbocycles. The predicted octanol–water partition coefficient (Wildman–Crippen LogP) is 4.40. The normalized spacial score (nSPS) is 10.5. The Labute approximate surface area is 126 Å². The van der Waals surface area contributed by atoms with Crippen LogP contribution in [0.1, 0.15) is 11.1 Å². The maximum atomic E-state index is 5.94. The summed E-state index contributed by atoms with van der Waals surface area (Å²) in [7, 11) is 1.92. The summed E-state index contributed by atoms with van der Waals surface area (Å²) in [5.74, 6) is 0.855. The quantitative estimate of drug-likeness (QED) is 0.871. The van der Waals surface area contributed by atoms with Crippen LogP contribution in [-0.2, 0) is 13.2 Å². The minimum absolute atomic E-state index is 0.515. The molecular weight excluding hydrogens is 326 g/mol. The summed E-state index contributed by atoms with van der Waals surface area (Å²) in [5.41, 5.74) is 2.23. The van der Waals surface area contributed by atoms with Gasteiger partial charge in [0.1, 0.15) is 12.4 Å². The summed E-state index contributed by atoms with van der Waals surface area (Å²) in [4.78, 5) is 0. The van der Waals surface area contributed by atoms with Crippen molar-refractivity contribution >= 4 is 27.5 Å². The fraction of sp³-hybridized carbons (Fsp3) is 0.200. The number of ether oxygens (including phenoxy) is 1. The largest absolute Gasteiger partial charge is 0.489 e. The molecule has 100 valence electrons. The van der Waals surface area contributed by atoms with Crippen molar-refractivity contribution < 1.29 is 4.74 Å². The third-order valence-electron chi connectivity index (χ3n) is 2.68. The molecule has 2 aromatic carbocycles. The number of hydrogen-bond donors (Lipinski definition) is 1. The topological polar surface area (TPSA) is 21.3 Å². The fourth-order valence-electron chi connectivity index (χ4n) is 1.76. The van der Waals surface area contributed by atoms with Crippen LogP contribution in [0.3, 0.4) is 0 Å². The standard InChI is InChI=1S/C15H15BrClNO/c1-18-9-12-8-14(5-6-15(12)16)19-10-11-3-2-4-13(17)7-11/h2-8,18H,9-10H2,1H3. The molecule has 0 fully saturated rings. The lowest BCUT2D eigenvalue weighted by Gasteiger charge is -2.10. The second kappa shape index (κ2) is 6.94. The third kappa shape index (κ3) is 4.23. The zero-order chi connectivity index (χ0) is 13.7. The van der Waals surface area contributed by atoms with E-state index in [1.807, 2.05) is 49.5 Å². The molecular formula is C15H15BrClNO. The lowest BCUT2D eigenvalue weighted by molar-refractivity contribution is 0.306. The zero-order valence-corrected chi connectivity index (χ0v) is 13.0. The van der Waals surface area contributed by atoms with Crippen molar-refractivity contribution in [2.75, 3.05) is 7.05 Å². The molecule has 2 aromatic rings. The van der Waals surface area contributed by atoms with Gasteiger partial charge in [-0.2, -0.15) is 0 Å². The van der Waals surface area contributed by atoms with Crippen LogP contribution in [0.5, 0.6) is 5.75 Å². The molecule has 0 unspecified atom stereocenters. The molecule has 2 rings (SSSR count). The van der Waals surface area contributed by atoms with Crippen molar-refractivity contribution in [2.24, 2.45) is 0 Å². The van der Waals surface area contributed by atoms with Crippen LogP contribution in [0.4, 0.5) is 0 Å². The van der Waals surface area contributed by atoms with Crippen LogP contribution < -0.4 is 10.1 Å². The number of hydrogen-bond acceptors (Lipinski definition) is 2. The predicted molar refractivity (Wildman–Crippen MR) is 82.7 cm³/mol. The molecule has 0 heterocycles. The molecule has 0 bridgehead atoms. The minimum Gasteiger partial charge on any atom is -0.489 e. The molecule has 0 saturated carbocycles. The molecule has 0 saturated heterocycles. The monoisotopic (exact) mass is 339 g/mol. The second-order valence-electron chi connectivity index (χ2n) is 4.20. The molecule has 0 aliphatic heterocycles. The molecule has 0 aliphatic rings. The first-order valence-corrected chi connectivity index (χ1v) is 7.16. The summed E-state index contributed by atoms with van der Waals surface area (Å²) >= 11 is 9.47. The van der Waals surface area contributed by atoms with E-state index in [0.29, 0.717) is 6.61 Å². The SMILES string of the molecule is CNCc1cc(OCc2cccc(Cl)c2)ccc1Br. The van der Waals surface area contributed by atoms with E-state index in [2.05, 4.69) is 21.2 Å². The second-order valence-corrected chi connectivity index (χ2v) is 5.49. The van der Waals surface area contributed by atoms with E-state index in [9.17, 15) is 0 Å². The highest BCUT2D eigenvalue weighted by Gasteiger charge is 2.02. The van der Waals surface area contributed by atoms with Crippen LogP contribution in [0.2, 0.25) is 5.02 Å². The van der Waals surface area contributed by atoms with Gasteiger partial charge in [-0.3, -0.25) is 0 Å². The summed E-state index contributed by atoms with van der Waals surface area (Å²) in [6, 6.07) is 13.7. The molecule has 0 atom stereocenters. The third-order valence-corrected chi connectivity index (χ3v) is 3.69. The lowest BCUT2D eigenvalue weighted by Crippen LogP contribution is -2.06. The fourth-order valence-corrected chi connectivity index (χ4v) is 2.36. The van der Waals surface area contributed by atoms with Crippen molar-refractivity contribution in [1.82, 2.24) is 5.32 Å². The van der Waals surface area contributed by atoms with Crippen LogP contribution in [-0.4, -0.2) is 7.05 Å². The van der Waals surface area contributed by atoms with Gasteiger partial charge in [0.15, 0.2) is 0 Å². The molecule has 19 heavy (non-hydrogen) atoms. The number of nitrogens with one attached hydrogen (secondary N) is 1. The first-order chi connectivity index (χ1) is 9.19. The molecule has 0 spiro atoms. The molecule has 2 nitrogen and oxygen atoms in total. The maximum absolute atomic E-state index is 5.94. The Morgan fingerprint density at radius 1 is 1.21 bits per heavy atom. The Morgan fingerprint density at radius 2 is 2.05 bits per heavy atom. The average molecular weight is 341 g/mol. The van der Waals surface area contributed by atoms with Gasteiger partial charge in [-0.25, -0.2) is 0 Å². The molecule has 4 heteroatoms. The van der Waals surface area contributed by atoms with Crippen molar-refractivity contribution in [2.45, 2.75) is 13.2 Å². The van der Waals surface area contributed by atoms with Crippen molar-refractivity contribution in [3.63, 3.8) is 0 Å². The zero-order valence-electron chi connectivity index (χ0n) is 10.6. The summed E-state index contributed by atoms with van der Waals surface area (Å²) < 4.78 is 6.86. The van der Waals surface area contributed by atoms with Crippen LogP contribution in [0, 0.1) is 0 Å². The van der Waals surface area contributed by atoms with E-state index in [0.717, 1.165) is 27.4 Å². The Hall–Kier alpha value is -1.03. The van der Waals surface area contributed by atoms with Crippen molar-refractivity contribution in [1.29, 1.82) is 0 Å². The highest BCUT2D eigenvalue weighted by Crippen LogP contribution is 2.23. The van der Waals surface area contributed by atoms with Crippen molar-refractivity contribution in [3.8, 4) is 5.75 Å². The van der Waals surface area contributed by atoms with Gasteiger partial charge in [0.2, 0.25) is 0 Å². The maximum Gasteiger partial charge on any atom is 0.120 e. The Morgan fingerprint density at radius 3 is 2.79 bits per heavy atom. The number of benzene rings is 2. The average Bonchev–Trinajstić information content (AvgIpc) is 2.40. The van der Waals surface area contributed by atoms with Crippen LogP contribution in [0.25, 0.3) is 0 Å². The molecule has 0 radical (unpaired) electrons. The summed E-state index contributed by atoms with van der Waals surface area (Å²) in [6.45, 7) is 1.32. The van der Waals surface area contributed by atoms with Gasteiger partial charge in [0.05, 0.1) is 0 Å². The lowest BCUT2D eigenvalue weighted by atomic mass is 10.2. The number of rotatable bonds is 5. The molecule has 0 amide bonds.